The van der Waals surface area contributed by atoms with E-state index in [2.05, 4.69) is 42.9 Å². The summed E-state index contributed by atoms with van der Waals surface area (Å²) in [6.45, 7) is 11.2. The Bertz CT molecular complexity index is 1130. The van der Waals surface area contributed by atoms with E-state index < -0.39 is 24.0 Å². The van der Waals surface area contributed by atoms with Gasteiger partial charge < -0.3 is 28.8 Å². The molecule has 1 aromatic carbocycles. The van der Waals surface area contributed by atoms with Crippen LogP contribution in [0.1, 0.15) is 156 Å². The minimum atomic E-state index is -0.760. The molecule has 1 N–H and O–H groups in total. The van der Waals surface area contributed by atoms with Crippen LogP contribution >= 0.6 is 0 Å². The van der Waals surface area contributed by atoms with Gasteiger partial charge in [-0.3, -0.25) is 0 Å². The highest BCUT2D eigenvalue weighted by molar-refractivity contribution is 5.14. The second-order valence-corrected chi connectivity index (χ2v) is 16.1. The Labute approximate surface area is 309 Å². The number of unbranched alkanes of at least 4 members (excludes halogenated alkanes) is 11. The Morgan fingerprint density at radius 2 is 1.43 bits per heavy atom. The van der Waals surface area contributed by atoms with Crippen molar-refractivity contribution in [3.63, 3.8) is 0 Å². The Morgan fingerprint density at radius 3 is 2.04 bits per heavy atom. The second kappa shape index (κ2) is 22.5. The van der Waals surface area contributed by atoms with Crippen molar-refractivity contribution in [2.24, 2.45) is 17.0 Å². The van der Waals surface area contributed by atoms with Crippen molar-refractivity contribution in [1.29, 1.82) is 0 Å². The zero-order valence-electron chi connectivity index (χ0n) is 32.6. The summed E-state index contributed by atoms with van der Waals surface area (Å²) in [5.74, 6) is -0.279. The molecule has 1 saturated heterocycles. The highest BCUT2D eigenvalue weighted by Crippen LogP contribution is 2.49. The molecule has 0 radical (unpaired) electrons. The van der Waals surface area contributed by atoms with Gasteiger partial charge in [0.15, 0.2) is 5.79 Å². The lowest BCUT2D eigenvalue weighted by Crippen LogP contribution is -2.58. The molecule has 0 aromatic heterocycles. The molecule has 2 aliphatic carbocycles. The highest BCUT2D eigenvalue weighted by Gasteiger charge is 2.59. The smallest absolute Gasteiger partial charge is 0.169 e. The molecule has 2 saturated carbocycles. The Kier molecular flexibility index (Phi) is 18.5. The largest absolute Gasteiger partial charge is 0.390 e. The standard InChI is InChI=1S/C42H71N3O6/c1-6-7-8-9-10-11-12-13-14-15-16-21-26-36(46)39(49-31(2)3)35(44-45-43)30-48-37-32(4)33(5)38-41(51-42(50-38)27-22-18-23-28-42)40(37)47-29-34-24-19-17-20-25-34/h17,19-20,24-25,31-33,35-41,46H,6-16,18,21-23,26-30H2,1-5H3/t32?,33-,35+,36-,37-,38-,39+,40?,41?/m1/s1. The minimum absolute atomic E-state index is 0.0824. The zero-order chi connectivity index (χ0) is 36.5. The molecular weight excluding hydrogens is 642 g/mol. The summed E-state index contributed by atoms with van der Waals surface area (Å²) >= 11 is 0. The van der Waals surface area contributed by atoms with Crippen molar-refractivity contribution < 1.29 is 28.8 Å². The minimum Gasteiger partial charge on any atom is -0.390 e. The molecule has 3 fully saturated rings. The molecule has 3 unspecified atom stereocenters. The summed E-state index contributed by atoms with van der Waals surface area (Å²) in [6.07, 6.45) is 18.4. The van der Waals surface area contributed by atoms with Gasteiger partial charge in [0.25, 0.3) is 0 Å². The molecule has 4 rings (SSSR count). The first-order valence-electron chi connectivity index (χ1n) is 20.8. The molecule has 290 valence electrons. The third-order valence-electron chi connectivity index (χ3n) is 11.6. The second-order valence-electron chi connectivity index (χ2n) is 16.1. The summed E-state index contributed by atoms with van der Waals surface area (Å²) < 4.78 is 33.5. The molecule has 1 aliphatic heterocycles. The molecule has 1 spiro atoms. The molecule has 51 heavy (non-hydrogen) atoms. The Morgan fingerprint density at radius 1 is 0.824 bits per heavy atom. The number of fused-ring (bicyclic) bond motifs is 1. The predicted molar refractivity (Wildman–Crippen MR) is 203 cm³/mol. The van der Waals surface area contributed by atoms with Gasteiger partial charge in [0.1, 0.15) is 12.2 Å². The molecule has 1 heterocycles. The number of nitrogens with zero attached hydrogens (tertiary/aromatic N) is 3. The first-order valence-corrected chi connectivity index (χ1v) is 20.8. The number of hydrogen-bond acceptors (Lipinski definition) is 7. The lowest BCUT2D eigenvalue weighted by Gasteiger charge is -2.45. The van der Waals surface area contributed by atoms with E-state index in [-0.39, 0.29) is 49.0 Å². The number of rotatable bonds is 24. The van der Waals surface area contributed by atoms with Gasteiger partial charge in [0.05, 0.1) is 49.8 Å². The van der Waals surface area contributed by atoms with Crippen molar-refractivity contribution in [3.8, 4) is 0 Å². The number of aliphatic hydroxyl groups excluding tert-OH is 1. The summed E-state index contributed by atoms with van der Waals surface area (Å²) in [5, 5.41) is 15.6. The normalized spacial score (nSPS) is 27.6. The topological polar surface area (TPSA) is 115 Å². The van der Waals surface area contributed by atoms with Crippen LogP contribution in [0.25, 0.3) is 10.4 Å². The lowest BCUT2D eigenvalue weighted by molar-refractivity contribution is -0.212. The summed E-state index contributed by atoms with van der Waals surface area (Å²) in [5.41, 5.74) is 10.7. The maximum atomic E-state index is 11.4. The van der Waals surface area contributed by atoms with Crippen molar-refractivity contribution in [1.82, 2.24) is 0 Å². The zero-order valence-corrected chi connectivity index (χ0v) is 32.6. The molecule has 0 bridgehead atoms. The third kappa shape index (κ3) is 13.0. The van der Waals surface area contributed by atoms with Crippen molar-refractivity contribution in [3.05, 3.63) is 46.3 Å². The number of hydrogen-bond donors (Lipinski definition) is 1. The molecule has 1 aromatic rings. The predicted octanol–water partition coefficient (Wildman–Crippen LogP) is 10.6. The van der Waals surface area contributed by atoms with Crippen LogP contribution in [-0.4, -0.2) is 66.3 Å². The molecule has 0 amide bonds. The van der Waals surface area contributed by atoms with Crippen molar-refractivity contribution in [2.45, 2.75) is 211 Å². The number of azide groups is 1. The van der Waals surface area contributed by atoms with E-state index in [9.17, 15) is 10.6 Å². The van der Waals surface area contributed by atoms with E-state index in [1.54, 1.807) is 0 Å². The van der Waals surface area contributed by atoms with Crippen LogP contribution in [0.5, 0.6) is 0 Å². The summed E-state index contributed by atoms with van der Waals surface area (Å²) in [7, 11) is 0. The van der Waals surface area contributed by atoms with Crippen molar-refractivity contribution >= 4 is 0 Å². The average molecular weight is 714 g/mol. The maximum absolute atomic E-state index is 11.4. The summed E-state index contributed by atoms with van der Waals surface area (Å²) in [4.78, 5) is 3.19. The first-order chi connectivity index (χ1) is 24.8. The van der Waals surface area contributed by atoms with Crippen LogP contribution < -0.4 is 0 Å². The SMILES string of the molecule is CCCCCCCCCCCCCC[C@@H](O)[C@@H](OC(C)C)[C@H](CO[C@H]1C(OCc2ccccc2)C2OC3(CCCCC3)O[C@@H]2[C@H](C)C1C)N=[N+]=[N-]. The third-order valence-corrected chi connectivity index (χ3v) is 11.6. The monoisotopic (exact) mass is 714 g/mol. The molecule has 3 aliphatic rings. The van der Waals surface area contributed by atoms with Gasteiger partial charge in [0, 0.05) is 17.8 Å². The van der Waals surface area contributed by atoms with E-state index in [0.717, 1.165) is 44.1 Å². The van der Waals surface area contributed by atoms with Gasteiger partial charge in [-0.15, -0.1) is 0 Å². The first kappa shape index (κ1) is 42.0. The average Bonchev–Trinajstić information content (AvgIpc) is 3.49. The Hall–Kier alpha value is -1.71. The summed E-state index contributed by atoms with van der Waals surface area (Å²) in [6, 6.07) is 9.50. The Balaban J connectivity index is 1.36. The van der Waals surface area contributed by atoms with E-state index >= 15 is 0 Å². The van der Waals surface area contributed by atoms with Gasteiger partial charge in [-0.25, -0.2) is 0 Å². The van der Waals surface area contributed by atoms with Gasteiger partial charge in [-0.05, 0) is 56.0 Å². The quantitative estimate of drug-likeness (QED) is 0.0493. The lowest BCUT2D eigenvalue weighted by atomic mass is 9.74. The van der Waals surface area contributed by atoms with E-state index in [4.69, 9.17) is 23.7 Å². The van der Waals surface area contributed by atoms with E-state index in [1.807, 2.05) is 32.0 Å². The van der Waals surface area contributed by atoms with Gasteiger partial charge >= 0.3 is 0 Å². The fraction of sp³-hybridized carbons (Fsp3) is 0.857. The van der Waals surface area contributed by atoms with Gasteiger partial charge in [-0.1, -0.05) is 140 Å². The van der Waals surface area contributed by atoms with Crippen LogP contribution in [0.3, 0.4) is 0 Å². The van der Waals surface area contributed by atoms with E-state index in [1.165, 1.54) is 70.6 Å². The van der Waals surface area contributed by atoms with Crippen LogP contribution in [0.2, 0.25) is 0 Å². The van der Waals surface area contributed by atoms with Crippen molar-refractivity contribution in [2.75, 3.05) is 6.61 Å². The van der Waals surface area contributed by atoms with Gasteiger partial charge in [-0.2, -0.15) is 0 Å². The molecule has 9 heteroatoms. The number of aliphatic hydroxyl groups is 1. The number of ether oxygens (including phenoxy) is 5. The van der Waals surface area contributed by atoms with Crippen LogP contribution in [0, 0.1) is 11.8 Å². The van der Waals surface area contributed by atoms with E-state index in [0.29, 0.717) is 13.0 Å². The molecular formula is C42H71N3O6. The fourth-order valence-corrected chi connectivity index (χ4v) is 8.51. The van der Waals surface area contributed by atoms with Crippen LogP contribution in [0.15, 0.2) is 35.4 Å². The van der Waals surface area contributed by atoms with Crippen LogP contribution in [0.4, 0.5) is 0 Å². The molecule has 9 atom stereocenters. The van der Waals surface area contributed by atoms with Crippen LogP contribution in [-0.2, 0) is 30.3 Å². The van der Waals surface area contributed by atoms with Gasteiger partial charge in [0.2, 0.25) is 0 Å². The number of benzene rings is 1. The fourth-order valence-electron chi connectivity index (χ4n) is 8.51. The highest BCUT2D eigenvalue weighted by atomic mass is 16.8. The maximum Gasteiger partial charge on any atom is 0.169 e. The molecule has 9 nitrogen and oxygen atoms in total.